The molecule has 0 aromatic heterocycles. The van der Waals surface area contributed by atoms with Gasteiger partial charge in [0.15, 0.2) is 0 Å². The number of rotatable bonds is 3. The number of hydrogen-bond acceptors (Lipinski definition) is 2. The van der Waals surface area contributed by atoms with Crippen LogP contribution in [0.4, 0.5) is 8.78 Å². The van der Waals surface area contributed by atoms with Crippen LogP contribution < -0.4 is 0 Å². The van der Waals surface area contributed by atoms with Crippen molar-refractivity contribution in [3.8, 4) is 0 Å². The van der Waals surface area contributed by atoms with E-state index in [-0.39, 0.29) is 28.4 Å². The number of halogens is 3. The third-order valence-electron chi connectivity index (χ3n) is 3.68. The molecule has 1 saturated carbocycles. The summed E-state index contributed by atoms with van der Waals surface area (Å²) >= 11 is 3.07. The summed E-state index contributed by atoms with van der Waals surface area (Å²) in [6.07, 6.45) is 2.68. The molecule has 0 bridgehead atoms. The molecular formula is C14H16BrF2NO. The molecule has 0 heterocycles. The minimum atomic E-state index is -0.543. The fraction of sp³-hybridized carbons (Fsp3) is 0.500. The molecule has 1 fully saturated rings. The largest absolute Gasteiger partial charge is 0.300 e. The summed E-state index contributed by atoms with van der Waals surface area (Å²) in [5.74, 6) is -0.789. The Hall–Kier alpha value is -0.810. The molecule has 0 atom stereocenters. The zero-order valence-corrected chi connectivity index (χ0v) is 12.3. The van der Waals surface area contributed by atoms with Crippen molar-refractivity contribution >= 4 is 21.7 Å². The van der Waals surface area contributed by atoms with Gasteiger partial charge in [-0.25, -0.2) is 8.78 Å². The lowest BCUT2D eigenvalue weighted by Gasteiger charge is -2.30. The van der Waals surface area contributed by atoms with E-state index in [4.69, 9.17) is 0 Å². The van der Waals surface area contributed by atoms with Crippen molar-refractivity contribution in [2.45, 2.75) is 38.3 Å². The van der Waals surface area contributed by atoms with Crippen molar-refractivity contribution < 1.29 is 13.6 Å². The molecule has 19 heavy (non-hydrogen) atoms. The quantitative estimate of drug-likeness (QED) is 0.787. The lowest BCUT2D eigenvalue weighted by atomic mass is 9.93. The monoisotopic (exact) mass is 331 g/mol. The summed E-state index contributed by atoms with van der Waals surface area (Å²) in [6, 6.07) is 2.85. The molecule has 0 N–H and O–H groups in total. The van der Waals surface area contributed by atoms with Crippen LogP contribution >= 0.6 is 15.9 Å². The highest BCUT2D eigenvalue weighted by Crippen LogP contribution is 2.25. The summed E-state index contributed by atoms with van der Waals surface area (Å²) in [6.45, 7) is 0.218. The van der Waals surface area contributed by atoms with E-state index >= 15 is 0 Å². The van der Waals surface area contributed by atoms with Crippen molar-refractivity contribution in [3.05, 3.63) is 33.8 Å². The predicted octanol–water partition coefficient (Wildman–Crippen LogP) is 3.67. The Morgan fingerprint density at radius 1 is 1.32 bits per heavy atom. The van der Waals surface area contributed by atoms with Crippen LogP contribution in [-0.4, -0.2) is 23.8 Å². The van der Waals surface area contributed by atoms with Gasteiger partial charge in [0.25, 0.3) is 0 Å². The van der Waals surface area contributed by atoms with Gasteiger partial charge in [0.1, 0.15) is 17.4 Å². The van der Waals surface area contributed by atoms with E-state index in [1.54, 1.807) is 0 Å². The maximum atomic E-state index is 13.9. The Bertz CT molecular complexity index is 483. The first-order valence-corrected chi connectivity index (χ1v) is 7.12. The van der Waals surface area contributed by atoms with Crippen LogP contribution in [0.25, 0.3) is 0 Å². The summed E-state index contributed by atoms with van der Waals surface area (Å²) in [5.41, 5.74) is 0.0776. The molecule has 1 aromatic carbocycles. The SMILES string of the molecule is CN(Cc1c(F)ccc(Br)c1F)C1CCC(=O)CC1. The van der Waals surface area contributed by atoms with E-state index in [0.717, 1.165) is 12.8 Å². The van der Waals surface area contributed by atoms with Crippen LogP contribution in [0, 0.1) is 11.6 Å². The molecule has 0 radical (unpaired) electrons. The standard InChI is InChI=1S/C14H16BrF2NO/c1-18(9-2-4-10(19)5-3-9)8-11-13(16)7-6-12(15)14(11)17/h6-7,9H,2-5,8H2,1H3. The molecule has 0 amide bonds. The van der Waals surface area contributed by atoms with Gasteiger partial charge in [-0.1, -0.05) is 0 Å². The summed E-state index contributed by atoms with van der Waals surface area (Å²) in [5, 5.41) is 0. The highest BCUT2D eigenvalue weighted by molar-refractivity contribution is 9.10. The number of benzene rings is 1. The fourth-order valence-electron chi connectivity index (χ4n) is 2.46. The smallest absolute Gasteiger partial charge is 0.144 e. The van der Waals surface area contributed by atoms with Crippen molar-refractivity contribution in [1.82, 2.24) is 4.90 Å². The second kappa shape index (κ2) is 6.09. The summed E-state index contributed by atoms with van der Waals surface area (Å²) in [4.78, 5) is 13.1. The van der Waals surface area contributed by atoms with Crippen molar-refractivity contribution in [3.63, 3.8) is 0 Å². The molecular weight excluding hydrogens is 316 g/mol. The Balaban J connectivity index is 2.08. The van der Waals surface area contributed by atoms with Crippen molar-refractivity contribution in [1.29, 1.82) is 0 Å². The molecule has 2 rings (SSSR count). The van der Waals surface area contributed by atoms with E-state index < -0.39 is 11.6 Å². The van der Waals surface area contributed by atoms with Crippen LogP contribution in [0.15, 0.2) is 16.6 Å². The van der Waals surface area contributed by atoms with Gasteiger partial charge in [-0.05, 0) is 48.0 Å². The molecule has 0 saturated heterocycles. The third kappa shape index (κ3) is 3.39. The van der Waals surface area contributed by atoms with Gasteiger partial charge in [0, 0.05) is 31.0 Å². The van der Waals surface area contributed by atoms with E-state index in [1.165, 1.54) is 12.1 Å². The molecule has 1 aromatic rings. The van der Waals surface area contributed by atoms with Crippen molar-refractivity contribution in [2.75, 3.05) is 7.05 Å². The second-order valence-electron chi connectivity index (χ2n) is 5.01. The number of carbonyl (C=O) groups is 1. The minimum Gasteiger partial charge on any atom is -0.300 e. The predicted molar refractivity (Wildman–Crippen MR) is 72.8 cm³/mol. The lowest BCUT2D eigenvalue weighted by molar-refractivity contribution is -0.121. The molecule has 2 nitrogen and oxygen atoms in total. The van der Waals surface area contributed by atoms with Crippen LogP contribution in [0.1, 0.15) is 31.2 Å². The summed E-state index contributed by atoms with van der Waals surface area (Å²) < 4.78 is 27.8. The first-order chi connectivity index (χ1) is 8.99. The fourth-order valence-corrected chi connectivity index (χ4v) is 2.83. The van der Waals surface area contributed by atoms with E-state index in [0.29, 0.717) is 12.8 Å². The van der Waals surface area contributed by atoms with Gasteiger partial charge >= 0.3 is 0 Å². The van der Waals surface area contributed by atoms with E-state index in [9.17, 15) is 13.6 Å². The number of hydrogen-bond donors (Lipinski definition) is 0. The van der Waals surface area contributed by atoms with E-state index in [2.05, 4.69) is 15.9 Å². The van der Waals surface area contributed by atoms with Gasteiger partial charge in [0.2, 0.25) is 0 Å². The van der Waals surface area contributed by atoms with Crippen molar-refractivity contribution in [2.24, 2.45) is 0 Å². The molecule has 1 aliphatic rings. The number of ketones is 1. The molecule has 1 aliphatic carbocycles. The number of carbonyl (C=O) groups excluding carboxylic acids is 1. The maximum absolute atomic E-state index is 13.9. The average Bonchev–Trinajstić information content (AvgIpc) is 2.40. The van der Waals surface area contributed by atoms with Crippen LogP contribution in [0.3, 0.4) is 0 Å². The molecule has 0 aliphatic heterocycles. The molecule has 0 unspecified atom stereocenters. The zero-order chi connectivity index (χ0) is 14.0. The Labute approximate surface area is 119 Å². The first-order valence-electron chi connectivity index (χ1n) is 6.33. The Kier molecular flexibility index (Phi) is 4.68. The first kappa shape index (κ1) is 14.6. The van der Waals surface area contributed by atoms with E-state index in [1.807, 2.05) is 11.9 Å². The van der Waals surface area contributed by atoms with Crippen LogP contribution in [0.2, 0.25) is 0 Å². The topological polar surface area (TPSA) is 20.3 Å². The third-order valence-corrected chi connectivity index (χ3v) is 4.30. The Morgan fingerprint density at radius 3 is 2.58 bits per heavy atom. The van der Waals surface area contributed by atoms with Gasteiger partial charge < -0.3 is 0 Å². The van der Waals surface area contributed by atoms with Gasteiger partial charge in [-0.15, -0.1) is 0 Å². The second-order valence-corrected chi connectivity index (χ2v) is 5.86. The zero-order valence-electron chi connectivity index (χ0n) is 10.8. The van der Waals surface area contributed by atoms with Gasteiger partial charge in [0.05, 0.1) is 4.47 Å². The lowest BCUT2D eigenvalue weighted by Crippen LogP contribution is -2.35. The number of nitrogens with zero attached hydrogens (tertiary/aromatic N) is 1. The van der Waals surface area contributed by atoms with Crippen LogP contribution in [-0.2, 0) is 11.3 Å². The average molecular weight is 332 g/mol. The minimum absolute atomic E-state index is 0.0776. The number of Topliss-reactive ketones (excluding diaryl/α,β-unsaturated/α-hetero) is 1. The highest BCUT2D eigenvalue weighted by atomic mass is 79.9. The molecule has 0 spiro atoms. The summed E-state index contributed by atoms with van der Waals surface area (Å²) in [7, 11) is 1.85. The van der Waals surface area contributed by atoms with Gasteiger partial charge in [-0.2, -0.15) is 0 Å². The van der Waals surface area contributed by atoms with Gasteiger partial charge in [-0.3, -0.25) is 9.69 Å². The molecule has 104 valence electrons. The Morgan fingerprint density at radius 2 is 1.95 bits per heavy atom. The van der Waals surface area contributed by atoms with Crippen LogP contribution in [0.5, 0.6) is 0 Å². The normalized spacial score (nSPS) is 17.2. The maximum Gasteiger partial charge on any atom is 0.144 e. The highest BCUT2D eigenvalue weighted by Gasteiger charge is 2.24. The molecule has 5 heteroatoms.